The van der Waals surface area contributed by atoms with E-state index >= 15 is 0 Å². The number of hydrogen-bond acceptors (Lipinski definition) is 4. The molecule has 1 aromatic carbocycles. The van der Waals surface area contributed by atoms with Gasteiger partial charge in [0, 0.05) is 23.9 Å². The van der Waals surface area contributed by atoms with Crippen molar-refractivity contribution in [1.82, 2.24) is 9.21 Å². The summed E-state index contributed by atoms with van der Waals surface area (Å²) in [5, 5.41) is 0.151. The molecule has 5 nitrogen and oxygen atoms in total. The minimum absolute atomic E-state index is 0.0499. The molecule has 0 radical (unpaired) electrons. The van der Waals surface area contributed by atoms with E-state index in [1.807, 2.05) is 0 Å². The minimum atomic E-state index is -4.01. The Labute approximate surface area is 160 Å². The monoisotopic (exact) mass is 428 g/mol. The molecule has 1 unspecified atom stereocenters. The van der Waals surface area contributed by atoms with Crippen molar-refractivity contribution < 1.29 is 13.2 Å². The Bertz CT molecular complexity index is 760. The van der Waals surface area contributed by atoms with Crippen LogP contribution < -0.4 is 0 Å². The van der Waals surface area contributed by atoms with Crippen LogP contribution in [0.3, 0.4) is 0 Å². The highest BCUT2D eigenvalue weighted by atomic mass is 35.5. The number of nitrogens with zero attached hydrogens (tertiary/aromatic N) is 2. The third kappa shape index (κ3) is 3.39. The summed E-state index contributed by atoms with van der Waals surface area (Å²) in [4.78, 5) is 14.1. The molecule has 1 heterocycles. The van der Waals surface area contributed by atoms with Gasteiger partial charge in [-0.05, 0) is 25.0 Å². The van der Waals surface area contributed by atoms with Gasteiger partial charge in [-0.15, -0.1) is 11.8 Å². The fourth-order valence-corrected chi connectivity index (χ4v) is 7.26. The molecule has 10 heteroatoms. The van der Waals surface area contributed by atoms with Gasteiger partial charge in [-0.25, -0.2) is 8.42 Å². The van der Waals surface area contributed by atoms with Crippen molar-refractivity contribution in [2.45, 2.75) is 29.8 Å². The van der Waals surface area contributed by atoms with E-state index in [4.69, 9.17) is 34.8 Å². The average molecular weight is 430 g/mol. The van der Waals surface area contributed by atoms with Gasteiger partial charge >= 0.3 is 0 Å². The molecule has 0 N–H and O–H groups in total. The van der Waals surface area contributed by atoms with Gasteiger partial charge in [0.05, 0.1) is 15.9 Å². The first-order chi connectivity index (χ1) is 11.2. The molecule has 132 valence electrons. The first-order valence-electron chi connectivity index (χ1n) is 7.24. The normalized spacial score (nSPS) is 21.9. The molecule has 2 fully saturated rings. The smallest absolute Gasteiger partial charge is 0.247 e. The Morgan fingerprint density at radius 2 is 1.83 bits per heavy atom. The lowest BCUT2D eigenvalue weighted by Crippen LogP contribution is -2.48. The van der Waals surface area contributed by atoms with Gasteiger partial charge in [0.2, 0.25) is 15.9 Å². The zero-order valence-corrected chi connectivity index (χ0v) is 16.6. The quantitative estimate of drug-likeness (QED) is 0.736. The van der Waals surface area contributed by atoms with Crippen LogP contribution >= 0.6 is 46.6 Å². The van der Waals surface area contributed by atoms with Gasteiger partial charge in [0.1, 0.15) is 10.9 Å². The largest absolute Gasteiger partial charge is 0.341 e. The fraction of sp³-hybridized carbons (Fsp3) is 0.500. The summed E-state index contributed by atoms with van der Waals surface area (Å²) in [7, 11) is -2.29. The number of sulfonamides is 1. The zero-order valence-electron chi connectivity index (χ0n) is 12.7. The van der Waals surface area contributed by atoms with Crippen molar-refractivity contribution in [3.63, 3.8) is 0 Å². The first-order valence-corrected chi connectivity index (χ1v) is 11.0. The maximum Gasteiger partial charge on any atom is 0.247 e. The molecular formula is C14H15Cl3N2O3S2. The van der Waals surface area contributed by atoms with Gasteiger partial charge in [-0.2, -0.15) is 4.31 Å². The van der Waals surface area contributed by atoms with Crippen LogP contribution in [-0.4, -0.2) is 54.3 Å². The highest BCUT2D eigenvalue weighted by Crippen LogP contribution is 2.38. The van der Waals surface area contributed by atoms with Gasteiger partial charge < -0.3 is 4.90 Å². The summed E-state index contributed by atoms with van der Waals surface area (Å²) in [6, 6.07) is 2.14. The molecule has 1 atom stereocenters. The maximum atomic E-state index is 13.0. The molecule has 1 saturated heterocycles. The van der Waals surface area contributed by atoms with Crippen LogP contribution in [0.4, 0.5) is 0 Å². The van der Waals surface area contributed by atoms with Crippen LogP contribution in [0.1, 0.15) is 12.8 Å². The summed E-state index contributed by atoms with van der Waals surface area (Å²) >= 11 is 19.4. The first kappa shape index (κ1) is 18.6. The van der Waals surface area contributed by atoms with Gasteiger partial charge in [-0.1, -0.05) is 34.8 Å². The Kier molecular flexibility index (Phi) is 5.31. The number of rotatable bonds is 4. The SMILES string of the molecule is CN(C(=O)C1CSCN1S(=O)(=O)c1c(Cl)cc(Cl)cc1Cl)C1CC1. The number of likely N-dealkylation sites (N-methyl/N-ethyl adjacent to an activating group) is 1. The van der Waals surface area contributed by atoms with Crippen LogP contribution in [-0.2, 0) is 14.8 Å². The van der Waals surface area contributed by atoms with E-state index in [-0.39, 0.29) is 37.8 Å². The number of carbonyl (C=O) groups is 1. The van der Waals surface area contributed by atoms with E-state index < -0.39 is 16.1 Å². The summed E-state index contributed by atoms with van der Waals surface area (Å²) < 4.78 is 27.3. The van der Waals surface area contributed by atoms with Crippen molar-refractivity contribution in [2.24, 2.45) is 0 Å². The van der Waals surface area contributed by atoms with E-state index in [2.05, 4.69) is 0 Å². The number of amides is 1. The molecule has 1 aliphatic carbocycles. The lowest BCUT2D eigenvalue weighted by molar-refractivity contribution is -0.133. The van der Waals surface area contributed by atoms with E-state index in [0.29, 0.717) is 5.75 Å². The van der Waals surface area contributed by atoms with Gasteiger partial charge in [0.25, 0.3) is 0 Å². The molecule has 3 rings (SSSR count). The van der Waals surface area contributed by atoms with E-state index in [1.54, 1.807) is 11.9 Å². The second-order valence-electron chi connectivity index (χ2n) is 5.79. The van der Waals surface area contributed by atoms with Crippen molar-refractivity contribution in [1.29, 1.82) is 0 Å². The molecule has 1 aliphatic heterocycles. The molecule has 1 amide bonds. The molecular weight excluding hydrogens is 415 g/mol. The Hall–Kier alpha value is -0.180. The highest BCUT2D eigenvalue weighted by molar-refractivity contribution is 8.00. The third-order valence-electron chi connectivity index (χ3n) is 4.10. The predicted octanol–water partition coefficient (Wildman–Crippen LogP) is 3.33. The molecule has 2 aliphatic rings. The highest BCUT2D eigenvalue weighted by Gasteiger charge is 2.44. The predicted molar refractivity (Wildman–Crippen MR) is 97.4 cm³/mol. The van der Waals surface area contributed by atoms with Crippen LogP contribution in [0.5, 0.6) is 0 Å². The Balaban J connectivity index is 1.95. The summed E-state index contributed by atoms with van der Waals surface area (Å²) in [5.74, 6) is 0.414. The van der Waals surface area contributed by atoms with Gasteiger partial charge in [-0.3, -0.25) is 4.79 Å². The van der Waals surface area contributed by atoms with Crippen LogP contribution in [0, 0.1) is 0 Å². The second kappa shape index (κ2) is 6.85. The third-order valence-corrected chi connectivity index (χ3v) is 8.27. The van der Waals surface area contributed by atoms with Crippen molar-refractivity contribution in [3.05, 3.63) is 27.2 Å². The van der Waals surface area contributed by atoms with Crippen LogP contribution in [0.15, 0.2) is 17.0 Å². The topological polar surface area (TPSA) is 57.7 Å². The number of hydrogen-bond donors (Lipinski definition) is 0. The van der Waals surface area contributed by atoms with E-state index in [1.165, 1.54) is 28.2 Å². The maximum absolute atomic E-state index is 13.0. The molecule has 1 aromatic rings. The van der Waals surface area contributed by atoms with Crippen LogP contribution in [0.25, 0.3) is 0 Å². The standard InChI is InChI=1S/C14H15Cl3N2O3S2/c1-18(9-2-3-9)14(20)12-6-23-7-19(12)24(21,22)13-10(16)4-8(15)5-11(13)17/h4-5,9,12H,2-3,6-7H2,1H3. The van der Waals surface area contributed by atoms with Gasteiger partial charge in [0.15, 0.2) is 0 Å². The number of benzene rings is 1. The zero-order chi connectivity index (χ0) is 17.6. The molecule has 0 bridgehead atoms. The summed E-state index contributed by atoms with van der Waals surface area (Å²) in [5.41, 5.74) is 0. The summed E-state index contributed by atoms with van der Waals surface area (Å²) in [6.45, 7) is 0. The molecule has 0 spiro atoms. The molecule has 0 aromatic heterocycles. The molecule has 24 heavy (non-hydrogen) atoms. The fourth-order valence-electron chi connectivity index (χ4n) is 2.63. The van der Waals surface area contributed by atoms with Crippen LogP contribution in [0.2, 0.25) is 15.1 Å². The van der Waals surface area contributed by atoms with Crippen molar-refractivity contribution in [3.8, 4) is 0 Å². The Morgan fingerprint density at radius 1 is 1.25 bits per heavy atom. The summed E-state index contributed by atoms with van der Waals surface area (Å²) in [6.07, 6.45) is 1.92. The number of carbonyl (C=O) groups excluding carboxylic acids is 1. The lowest BCUT2D eigenvalue weighted by atomic mass is 10.3. The average Bonchev–Trinajstić information content (AvgIpc) is 3.20. The second-order valence-corrected chi connectivity index (χ2v) is 9.86. The number of halogens is 3. The minimum Gasteiger partial charge on any atom is -0.341 e. The van der Waals surface area contributed by atoms with Crippen molar-refractivity contribution >= 4 is 62.5 Å². The van der Waals surface area contributed by atoms with Crippen molar-refractivity contribution in [2.75, 3.05) is 18.7 Å². The molecule has 1 saturated carbocycles. The lowest BCUT2D eigenvalue weighted by Gasteiger charge is -2.27. The number of thioether (sulfide) groups is 1. The van der Waals surface area contributed by atoms with E-state index in [9.17, 15) is 13.2 Å². The van der Waals surface area contributed by atoms with E-state index in [0.717, 1.165) is 12.8 Å². The Morgan fingerprint density at radius 3 is 2.38 bits per heavy atom.